The zero-order chi connectivity index (χ0) is 15.7. The summed E-state index contributed by atoms with van der Waals surface area (Å²) in [4.78, 5) is 24.9. The molecule has 0 aromatic carbocycles. The predicted octanol–water partition coefficient (Wildman–Crippen LogP) is 0.793. The highest BCUT2D eigenvalue weighted by atomic mass is 16.3. The Kier molecular flexibility index (Phi) is 8.30. The molecule has 122 valence electrons. The highest BCUT2D eigenvalue weighted by Crippen LogP contribution is 2.28. The van der Waals surface area contributed by atoms with Gasteiger partial charge in [0.15, 0.2) is 0 Å². The van der Waals surface area contributed by atoms with Gasteiger partial charge in [0.05, 0.1) is 6.10 Å². The van der Waals surface area contributed by atoms with Crippen molar-refractivity contribution in [1.82, 2.24) is 9.80 Å². The molecule has 0 aromatic heterocycles. The Hall–Kier alpha value is -1.14. The van der Waals surface area contributed by atoms with Crippen molar-refractivity contribution in [2.75, 3.05) is 32.7 Å². The van der Waals surface area contributed by atoms with E-state index in [1.54, 1.807) is 0 Å². The molecule has 0 radical (unpaired) electrons. The van der Waals surface area contributed by atoms with Crippen molar-refractivity contribution in [2.24, 2.45) is 5.92 Å². The number of carbonyl (C=O) groups excluding carboxylic acids is 1. The van der Waals surface area contributed by atoms with Crippen LogP contribution in [-0.2, 0) is 9.59 Å². The van der Waals surface area contributed by atoms with Crippen LogP contribution in [0.1, 0.15) is 39.0 Å². The topological polar surface area (TPSA) is 81.1 Å². The van der Waals surface area contributed by atoms with Crippen molar-refractivity contribution in [3.8, 4) is 0 Å². The van der Waals surface area contributed by atoms with Crippen LogP contribution in [0.4, 0.5) is 0 Å². The average Bonchev–Trinajstić information content (AvgIpc) is 2.63. The smallest absolute Gasteiger partial charge is 0.290 e. The molecule has 6 nitrogen and oxygen atoms in total. The molecule has 2 aliphatic rings. The van der Waals surface area contributed by atoms with E-state index in [1.165, 1.54) is 6.42 Å². The fraction of sp³-hybridized carbons (Fsp3) is 0.867. The summed E-state index contributed by atoms with van der Waals surface area (Å²) < 4.78 is 0. The molecule has 2 fully saturated rings. The molecule has 2 rings (SSSR count). The fourth-order valence-electron chi connectivity index (χ4n) is 2.71. The molecular weight excluding hydrogens is 272 g/mol. The number of aliphatic hydroxyl groups excluding tert-OH is 1. The number of β-amino-alcohol motifs (C(OH)–C–C–N with tert-alkyl or cyclic N) is 1. The van der Waals surface area contributed by atoms with Crippen molar-refractivity contribution < 1.29 is 19.8 Å². The predicted molar refractivity (Wildman–Crippen MR) is 80.0 cm³/mol. The van der Waals surface area contributed by atoms with Crippen LogP contribution in [0.15, 0.2) is 0 Å². The molecule has 0 spiro atoms. The fourth-order valence-corrected chi connectivity index (χ4v) is 2.71. The summed E-state index contributed by atoms with van der Waals surface area (Å²) in [5.74, 6) is 0.692. The number of carboxylic acid groups (broad SMARTS) is 1. The van der Waals surface area contributed by atoms with E-state index in [1.807, 2.05) is 11.8 Å². The van der Waals surface area contributed by atoms with Gasteiger partial charge in [-0.25, -0.2) is 0 Å². The lowest BCUT2D eigenvalue weighted by atomic mass is 9.84. The molecule has 1 atom stereocenters. The Labute approximate surface area is 126 Å². The number of aliphatic hydroxyl groups is 1. The zero-order valence-electron chi connectivity index (χ0n) is 12.9. The standard InChI is InChI=1S/C14H26N2O2.CH2O2/c1-2-13(17)11-15-7-4-8-16(10-9-15)14(18)12-5-3-6-12;2-1-3/h12-13,17H,2-11H2,1H3;1H,(H,2,3). The molecular formula is C15H28N2O4. The highest BCUT2D eigenvalue weighted by molar-refractivity contribution is 5.79. The van der Waals surface area contributed by atoms with E-state index in [0.717, 1.165) is 58.4 Å². The molecule has 1 unspecified atom stereocenters. The molecule has 1 aliphatic carbocycles. The average molecular weight is 300 g/mol. The van der Waals surface area contributed by atoms with Crippen LogP contribution in [-0.4, -0.2) is 71.2 Å². The Morgan fingerprint density at radius 2 is 1.90 bits per heavy atom. The van der Waals surface area contributed by atoms with Gasteiger partial charge in [-0.2, -0.15) is 0 Å². The van der Waals surface area contributed by atoms with Crippen LogP contribution < -0.4 is 0 Å². The largest absolute Gasteiger partial charge is 0.483 e. The van der Waals surface area contributed by atoms with Crippen molar-refractivity contribution in [2.45, 2.75) is 45.1 Å². The van der Waals surface area contributed by atoms with Crippen molar-refractivity contribution >= 4 is 12.4 Å². The molecule has 1 saturated heterocycles. The van der Waals surface area contributed by atoms with E-state index >= 15 is 0 Å². The summed E-state index contributed by atoms with van der Waals surface area (Å²) in [5, 5.41) is 16.6. The first kappa shape index (κ1) is 17.9. The monoisotopic (exact) mass is 300 g/mol. The first-order valence-corrected chi connectivity index (χ1v) is 7.89. The molecule has 0 bridgehead atoms. The second-order valence-electron chi connectivity index (χ2n) is 5.77. The van der Waals surface area contributed by atoms with E-state index in [0.29, 0.717) is 11.8 Å². The van der Waals surface area contributed by atoms with E-state index in [2.05, 4.69) is 4.90 Å². The van der Waals surface area contributed by atoms with E-state index in [9.17, 15) is 9.90 Å². The normalized spacial score (nSPS) is 21.5. The van der Waals surface area contributed by atoms with Gasteiger partial charge < -0.3 is 15.1 Å². The van der Waals surface area contributed by atoms with Crippen LogP contribution in [0.25, 0.3) is 0 Å². The first-order valence-electron chi connectivity index (χ1n) is 7.89. The van der Waals surface area contributed by atoms with Gasteiger partial charge in [0.2, 0.25) is 5.91 Å². The number of carbonyl (C=O) groups is 2. The number of hydrogen-bond donors (Lipinski definition) is 2. The molecule has 1 aliphatic heterocycles. The number of amides is 1. The van der Waals surface area contributed by atoms with Gasteiger partial charge in [-0.1, -0.05) is 13.3 Å². The quantitative estimate of drug-likeness (QED) is 0.750. The van der Waals surface area contributed by atoms with E-state index < -0.39 is 0 Å². The van der Waals surface area contributed by atoms with Crippen molar-refractivity contribution in [1.29, 1.82) is 0 Å². The Morgan fingerprint density at radius 1 is 1.24 bits per heavy atom. The summed E-state index contributed by atoms with van der Waals surface area (Å²) in [7, 11) is 0. The highest BCUT2D eigenvalue weighted by Gasteiger charge is 2.30. The Bertz CT molecular complexity index is 321. The van der Waals surface area contributed by atoms with Gasteiger partial charge in [0.1, 0.15) is 0 Å². The van der Waals surface area contributed by atoms with Gasteiger partial charge in [0.25, 0.3) is 6.47 Å². The van der Waals surface area contributed by atoms with Gasteiger partial charge in [-0.05, 0) is 32.2 Å². The molecule has 21 heavy (non-hydrogen) atoms. The third-order valence-electron chi connectivity index (χ3n) is 4.29. The Morgan fingerprint density at radius 3 is 2.43 bits per heavy atom. The minimum absolute atomic E-state index is 0.223. The second kappa shape index (κ2) is 9.73. The lowest BCUT2D eigenvalue weighted by molar-refractivity contribution is -0.138. The lowest BCUT2D eigenvalue weighted by Crippen LogP contribution is -2.41. The summed E-state index contributed by atoms with van der Waals surface area (Å²) in [5.41, 5.74) is 0. The molecule has 6 heteroatoms. The van der Waals surface area contributed by atoms with Crippen LogP contribution in [0, 0.1) is 5.92 Å². The minimum Gasteiger partial charge on any atom is -0.483 e. The van der Waals surface area contributed by atoms with Crippen molar-refractivity contribution in [3.05, 3.63) is 0 Å². The number of nitrogens with zero attached hydrogens (tertiary/aromatic N) is 2. The van der Waals surface area contributed by atoms with Gasteiger partial charge in [-0.15, -0.1) is 0 Å². The van der Waals surface area contributed by atoms with Crippen LogP contribution in [0.3, 0.4) is 0 Å². The minimum atomic E-state index is -0.250. The molecule has 1 saturated carbocycles. The summed E-state index contributed by atoms with van der Waals surface area (Å²) in [6, 6.07) is 0. The molecule has 1 amide bonds. The molecule has 2 N–H and O–H groups in total. The maximum atomic E-state index is 12.2. The van der Waals surface area contributed by atoms with Crippen molar-refractivity contribution in [3.63, 3.8) is 0 Å². The van der Waals surface area contributed by atoms with Gasteiger partial charge >= 0.3 is 0 Å². The third kappa shape index (κ3) is 6.01. The summed E-state index contributed by atoms with van der Waals surface area (Å²) in [6.45, 7) is 6.16. The van der Waals surface area contributed by atoms with E-state index in [4.69, 9.17) is 9.90 Å². The maximum absolute atomic E-state index is 12.2. The van der Waals surface area contributed by atoms with Crippen LogP contribution in [0.2, 0.25) is 0 Å². The van der Waals surface area contributed by atoms with E-state index in [-0.39, 0.29) is 12.6 Å². The van der Waals surface area contributed by atoms with Crippen LogP contribution >= 0.6 is 0 Å². The molecule has 1 heterocycles. The molecule has 0 aromatic rings. The lowest BCUT2D eigenvalue weighted by Gasteiger charge is -2.31. The zero-order valence-corrected chi connectivity index (χ0v) is 12.9. The van der Waals surface area contributed by atoms with Gasteiger partial charge in [0, 0.05) is 32.1 Å². The SMILES string of the molecule is CCC(O)CN1CCCN(C(=O)C2CCC2)CC1.O=CO. The summed E-state index contributed by atoms with van der Waals surface area (Å²) in [6.07, 6.45) is 5.02. The third-order valence-corrected chi connectivity index (χ3v) is 4.29. The maximum Gasteiger partial charge on any atom is 0.290 e. The Balaban J connectivity index is 0.000000677. The number of hydrogen-bond acceptors (Lipinski definition) is 4. The second-order valence-corrected chi connectivity index (χ2v) is 5.77. The number of rotatable bonds is 4. The van der Waals surface area contributed by atoms with Gasteiger partial charge in [-0.3, -0.25) is 14.5 Å². The first-order chi connectivity index (χ1) is 10.1. The van der Waals surface area contributed by atoms with Crippen LogP contribution in [0.5, 0.6) is 0 Å². The summed E-state index contributed by atoms with van der Waals surface area (Å²) >= 11 is 0.